The van der Waals surface area contributed by atoms with Crippen LogP contribution in [0.1, 0.15) is 60.5 Å². The molecule has 0 aromatic heterocycles. The molecule has 28 heavy (non-hydrogen) atoms. The van der Waals surface area contributed by atoms with E-state index in [1.54, 1.807) is 6.07 Å². The Balaban J connectivity index is 0.00000109. The van der Waals surface area contributed by atoms with E-state index in [0.717, 1.165) is 18.4 Å². The molecule has 4 nitrogen and oxygen atoms in total. The Kier molecular flexibility index (Phi) is 5.80. The van der Waals surface area contributed by atoms with E-state index in [-0.39, 0.29) is 26.9 Å². The van der Waals surface area contributed by atoms with Gasteiger partial charge in [0.15, 0.2) is 11.4 Å². The van der Waals surface area contributed by atoms with Gasteiger partial charge in [0.05, 0.1) is 22.7 Å². The summed E-state index contributed by atoms with van der Waals surface area (Å²) in [5.41, 5.74) is -1.29. The molecule has 1 heterocycles. The lowest BCUT2D eigenvalue weighted by Crippen LogP contribution is -2.36. The van der Waals surface area contributed by atoms with Gasteiger partial charge < -0.3 is 10.4 Å². The Morgan fingerprint density at radius 3 is 2.46 bits per heavy atom. The molecule has 1 atom stereocenters. The first-order valence-electron chi connectivity index (χ1n) is 9.16. The number of nitrogens with one attached hydrogen (secondary N) is 1. The zero-order chi connectivity index (χ0) is 20.6. The lowest BCUT2D eigenvalue weighted by molar-refractivity contribution is -0.133. The van der Waals surface area contributed by atoms with Crippen LogP contribution in [0.25, 0.3) is 0 Å². The van der Waals surface area contributed by atoms with E-state index >= 15 is 0 Å². The van der Waals surface area contributed by atoms with E-state index in [1.807, 2.05) is 13.8 Å². The van der Waals surface area contributed by atoms with Crippen LogP contribution in [0.4, 0.5) is 10.1 Å². The molecule has 2 N–H and O–H groups in total. The molecule has 0 radical (unpaired) electrons. The van der Waals surface area contributed by atoms with Crippen LogP contribution < -0.4 is 5.32 Å². The summed E-state index contributed by atoms with van der Waals surface area (Å²) >= 11 is 12.2. The number of aliphatic hydroxyl groups is 1. The SMILES string of the molecule is CC.O=C(CC1(O)C(=O)Nc2c(Cl)ccc(Cl)c21)c1ccc(C2CC2)cc1F. The van der Waals surface area contributed by atoms with Crippen molar-refractivity contribution in [1.29, 1.82) is 0 Å². The topological polar surface area (TPSA) is 66.4 Å². The maximum atomic E-state index is 14.4. The summed E-state index contributed by atoms with van der Waals surface area (Å²) in [6.45, 7) is 4.00. The highest BCUT2D eigenvalue weighted by Gasteiger charge is 2.49. The first-order valence-corrected chi connectivity index (χ1v) is 9.92. The molecule has 1 saturated carbocycles. The summed E-state index contributed by atoms with van der Waals surface area (Å²) in [5.74, 6) is -1.80. The van der Waals surface area contributed by atoms with Crippen LogP contribution in [-0.4, -0.2) is 16.8 Å². The molecule has 2 aliphatic rings. The van der Waals surface area contributed by atoms with E-state index in [0.29, 0.717) is 5.92 Å². The minimum Gasteiger partial charge on any atom is -0.375 e. The van der Waals surface area contributed by atoms with Crippen LogP contribution in [0.15, 0.2) is 30.3 Å². The highest BCUT2D eigenvalue weighted by atomic mass is 35.5. The molecule has 2 aromatic rings. The fourth-order valence-corrected chi connectivity index (χ4v) is 3.85. The number of amides is 1. The van der Waals surface area contributed by atoms with Gasteiger partial charge in [0.2, 0.25) is 0 Å². The van der Waals surface area contributed by atoms with E-state index in [2.05, 4.69) is 5.32 Å². The number of carbonyl (C=O) groups is 2. The summed E-state index contributed by atoms with van der Waals surface area (Å²) in [6, 6.07) is 7.38. The van der Waals surface area contributed by atoms with Gasteiger partial charge in [0, 0.05) is 10.6 Å². The number of hydrogen-bond donors (Lipinski definition) is 2. The molecule has 1 unspecified atom stereocenters. The molecule has 2 aromatic carbocycles. The highest BCUT2D eigenvalue weighted by Crippen LogP contribution is 2.46. The molecule has 1 aliphatic carbocycles. The Hall–Kier alpha value is -1.95. The molecular weight excluding hydrogens is 404 g/mol. The molecule has 0 bridgehead atoms. The quantitative estimate of drug-likeness (QED) is 0.642. The lowest BCUT2D eigenvalue weighted by Gasteiger charge is -2.21. The van der Waals surface area contributed by atoms with E-state index in [9.17, 15) is 19.1 Å². The van der Waals surface area contributed by atoms with Crippen LogP contribution >= 0.6 is 23.2 Å². The van der Waals surface area contributed by atoms with Crippen molar-refractivity contribution in [3.8, 4) is 0 Å². The average Bonchev–Trinajstić information content (AvgIpc) is 3.47. The normalized spacial score (nSPS) is 20.1. The molecule has 7 heteroatoms. The van der Waals surface area contributed by atoms with Crippen LogP contribution in [-0.2, 0) is 10.4 Å². The maximum Gasteiger partial charge on any atom is 0.261 e. The zero-order valence-electron chi connectivity index (χ0n) is 15.5. The van der Waals surface area contributed by atoms with Gasteiger partial charge in [-0.3, -0.25) is 9.59 Å². The largest absolute Gasteiger partial charge is 0.375 e. The fourth-order valence-electron chi connectivity index (χ4n) is 3.33. The maximum absolute atomic E-state index is 14.4. The molecule has 1 fully saturated rings. The van der Waals surface area contributed by atoms with Gasteiger partial charge in [-0.2, -0.15) is 0 Å². The molecule has 0 saturated heterocycles. The minimum absolute atomic E-state index is 0.0417. The molecule has 0 spiro atoms. The van der Waals surface area contributed by atoms with Crippen LogP contribution in [0.3, 0.4) is 0 Å². The van der Waals surface area contributed by atoms with Crippen molar-refractivity contribution in [1.82, 2.24) is 0 Å². The van der Waals surface area contributed by atoms with Gasteiger partial charge in [0.25, 0.3) is 5.91 Å². The molecule has 1 amide bonds. The van der Waals surface area contributed by atoms with E-state index < -0.39 is 29.5 Å². The molecule has 4 rings (SSSR count). The molecular formula is C21H20Cl2FNO3. The third-order valence-corrected chi connectivity index (χ3v) is 5.52. The van der Waals surface area contributed by atoms with Crippen molar-refractivity contribution in [2.75, 3.05) is 5.32 Å². The Labute approximate surface area is 172 Å². The van der Waals surface area contributed by atoms with Crippen LogP contribution in [0.2, 0.25) is 10.0 Å². The third-order valence-electron chi connectivity index (χ3n) is 4.89. The standard InChI is InChI=1S/C19H14Cl2FNO3.C2H6/c20-12-5-6-13(21)17-16(12)19(26,18(25)23-17)8-15(24)11-4-3-10(7-14(11)22)9-1-2-9;1-2/h3-7,9,26H,1-2,8H2,(H,23,25);1-2H3. The zero-order valence-corrected chi connectivity index (χ0v) is 17.0. The summed E-state index contributed by atoms with van der Waals surface area (Å²) < 4.78 is 14.4. The second-order valence-corrected chi connectivity index (χ2v) is 7.52. The number of rotatable bonds is 4. The van der Waals surface area contributed by atoms with Gasteiger partial charge in [-0.15, -0.1) is 0 Å². The van der Waals surface area contributed by atoms with Gasteiger partial charge in [0.1, 0.15) is 5.82 Å². The molecule has 148 valence electrons. The predicted octanol–water partition coefficient (Wildman–Crippen LogP) is 5.45. The number of ketones is 1. The van der Waals surface area contributed by atoms with Crippen molar-refractivity contribution in [2.45, 2.75) is 44.6 Å². The van der Waals surface area contributed by atoms with Crippen LogP contribution in [0, 0.1) is 5.82 Å². The van der Waals surface area contributed by atoms with E-state index in [1.165, 1.54) is 24.3 Å². The fraction of sp³-hybridized carbons (Fsp3) is 0.333. The summed E-state index contributed by atoms with van der Waals surface area (Å²) in [4.78, 5) is 25.0. The number of hydrogen-bond acceptors (Lipinski definition) is 3. The average molecular weight is 424 g/mol. The molecule has 1 aliphatic heterocycles. The first-order chi connectivity index (χ1) is 13.3. The minimum atomic E-state index is -2.20. The number of Topliss-reactive ketones (excluding diaryl/α,β-unsaturated/α-hetero) is 1. The van der Waals surface area contributed by atoms with Crippen LogP contribution in [0.5, 0.6) is 0 Å². The van der Waals surface area contributed by atoms with Gasteiger partial charge >= 0.3 is 0 Å². The monoisotopic (exact) mass is 423 g/mol. The highest BCUT2D eigenvalue weighted by molar-refractivity contribution is 6.38. The number of benzene rings is 2. The van der Waals surface area contributed by atoms with Crippen molar-refractivity contribution in [3.63, 3.8) is 0 Å². The second kappa shape index (κ2) is 7.82. The first kappa shape index (κ1) is 20.8. The number of halogens is 3. The Bertz CT molecular complexity index is 959. The van der Waals surface area contributed by atoms with E-state index in [4.69, 9.17) is 23.2 Å². The van der Waals surface area contributed by atoms with Gasteiger partial charge in [-0.1, -0.05) is 43.1 Å². The number of carbonyl (C=O) groups excluding carboxylic acids is 2. The number of fused-ring (bicyclic) bond motifs is 1. The summed E-state index contributed by atoms with van der Waals surface area (Å²) in [5, 5.41) is 13.6. The summed E-state index contributed by atoms with van der Waals surface area (Å²) in [6.07, 6.45) is 1.40. The van der Waals surface area contributed by atoms with Crippen molar-refractivity contribution < 1.29 is 19.1 Å². The third kappa shape index (κ3) is 3.54. The van der Waals surface area contributed by atoms with Crippen molar-refractivity contribution in [3.05, 3.63) is 62.9 Å². The summed E-state index contributed by atoms with van der Waals surface area (Å²) in [7, 11) is 0. The van der Waals surface area contributed by atoms with Crippen molar-refractivity contribution in [2.24, 2.45) is 0 Å². The smallest absolute Gasteiger partial charge is 0.261 e. The Morgan fingerprint density at radius 2 is 1.86 bits per heavy atom. The second-order valence-electron chi connectivity index (χ2n) is 6.71. The predicted molar refractivity (Wildman–Crippen MR) is 108 cm³/mol. The van der Waals surface area contributed by atoms with Crippen molar-refractivity contribution >= 4 is 40.6 Å². The number of anilines is 1. The lowest BCUT2D eigenvalue weighted by atomic mass is 9.87. The van der Waals surface area contributed by atoms with Gasteiger partial charge in [-0.25, -0.2) is 4.39 Å². The van der Waals surface area contributed by atoms with Gasteiger partial charge in [-0.05, 0) is 48.6 Å². The Morgan fingerprint density at radius 1 is 1.21 bits per heavy atom.